The standard InChI is InChI=1S/C15H22N2O.ClH/c1-4-11-17(3,13-16-15(18)5-2)12-14-9-7-6-8-10-14;/h5-10H,2,4,11-13H2,1,3H3;1H. The van der Waals surface area contributed by atoms with Gasteiger partial charge in [0.25, 0.3) is 0 Å². The highest BCUT2D eigenvalue weighted by molar-refractivity contribution is 5.86. The van der Waals surface area contributed by atoms with Crippen molar-refractivity contribution in [3.05, 3.63) is 48.6 Å². The molecular weight excluding hydrogens is 260 g/mol. The molecule has 0 heterocycles. The number of nitrogens with zero attached hydrogens (tertiary/aromatic N) is 1. The van der Waals surface area contributed by atoms with Crippen molar-refractivity contribution in [1.82, 2.24) is 5.32 Å². The minimum absolute atomic E-state index is 0. The molecule has 1 rings (SSSR count). The normalized spacial score (nSPS) is 12.9. The van der Waals surface area contributed by atoms with E-state index in [1.54, 1.807) is 0 Å². The highest BCUT2D eigenvalue weighted by Crippen LogP contribution is 2.11. The van der Waals surface area contributed by atoms with Gasteiger partial charge in [0.1, 0.15) is 6.54 Å². The minimum atomic E-state index is -0.108. The van der Waals surface area contributed by atoms with E-state index in [1.807, 2.05) is 18.2 Å². The molecule has 0 aromatic heterocycles. The Hall–Kier alpha value is -1.32. The van der Waals surface area contributed by atoms with E-state index < -0.39 is 0 Å². The van der Waals surface area contributed by atoms with E-state index in [1.165, 1.54) is 11.6 Å². The number of benzene rings is 1. The molecule has 0 spiro atoms. The van der Waals surface area contributed by atoms with E-state index in [4.69, 9.17) is 0 Å². The lowest BCUT2D eigenvalue weighted by molar-refractivity contribution is -0.924. The zero-order chi connectivity index (χ0) is 13.4. The van der Waals surface area contributed by atoms with Crippen LogP contribution in [0.15, 0.2) is 43.0 Å². The molecule has 0 saturated carbocycles. The lowest BCUT2D eigenvalue weighted by Crippen LogP contribution is -3.00. The Morgan fingerprint density at radius 1 is 1.37 bits per heavy atom. The molecule has 4 heteroatoms. The number of carbonyl (C=O) groups excluding carboxylic acids is 1. The molecule has 1 aromatic rings. The van der Waals surface area contributed by atoms with Crippen LogP contribution in [0.25, 0.3) is 0 Å². The maximum Gasteiger partial charge on any atom is 0.247 e. The first-order chi connectivity index (χ1) is 8.59. The van der Waals surface area contributed by atoms with E-state index >= 15 is 0 Å². The summed E-state index contributed by atoms with van der Waals surface area (Å²) in [4.78, 5) is 11.3. The van der Waals surface area contributed by atoms with Crippen LogP contribution in [0.1, 0.15) is 18.9 Å². The average molecular weight is 283 g/mol. The van der Waals surface area contributed by atoms with Gasteiger partial charge in [0, 0.05) is 5.56 Å². The van der Waals surface area contributed by atoms with Gasteiger partial charge in [-0.1, -0.05) is 43.8 Å². The predicted molar refractivity (Wildman–Crippen MR) is 74.7 cm³/mol. The maximum atomic E-state index is 11.3. The number of hydrogen-bond donors (Lipinski definition) is 1. The summed E-state index contributed by atoms with van der Waals surface area (Å²) >= 11 is 0. The summed E-state index contributed by atoms with van der Waals surface area (Å²) in [7, 11) is 2.17. The Kier molecular flexibility index (Phi) is 8.12. The SMILES string of the molecule is C=CC(=O)NC[N+](C)(CCC)Cc1ccccc1.[Cl-]. The first-order valence-electron chi connectivity index (χ1n) is 6.37. The molecular formula is C15H23ClN2O. The number of nitrogens with one attached hydrogen (secondary N) is 1. The summed E-state index contributed by atoms with van der Waals surface area (Å²) < 4.78 is 0.806. The summed E-state index contributed by atoms with van der Waals surface area (Å²) in [6.45, 7) is 8.23. The molecule has 0 aliphatic heterocycles. The number of halogens is 1. The molecule has 1 amide bonds. The van der Waals surface area contributed by atoms with Crippen LogP contribution >= 0.6 is 0 Å². The predicted octanol–water partition coefficient (Wildman–Crippen LogP) is -0.693. The topological polar surface area (TPSA) is 29.1 Å². The lowest BCUT2D eigenvalue weighted by atomic mass is 10.2. The van der Waals surface area contributed by atoms with Gasteiger partial charge in [-0.2, -0.15) is 0 Å². The zero-order valence-electron chi connectivity index (χ0n) is 11.7. The van der Waals surface area contributed by atoms with Crippen molar-refractivity contribution >= 4 is 5.91 Å². The van der Waals surface area contributed by atoms with Gasteiger partial charge in [-0.15, -0.1) is 0 Å². The third-order valence-corrected chi connectivity index (χ3v) is 2.99. The summed E-state index contributed by atoms with van der Waals surface area (Å²) in [5.74, 6) is -0.108. The molecule has 0 saturated heterocycles. The summed E-state index contributed by atoms with van der Waals surface area (Å²) in [6, 6.07) is 10.4. The second-order valence-corrected chi connectivity index (χ2v) is 4.89. The van der Waals surface area contributed by atoms with Crippen molar-refractivity contribution in [2.45, 2.75) is 19.9 Å². The Morgan fingerprint density at radius 2 is 2.00 bits per heavy atom. The van der Waals surface area contributed by atoms with Crippen LogP contribution in [-0.4, -0.2) is 30.7 Å². The monoisotopic (exact) mass is 282 g/mol. The van der Waals surface area contributed by atoms with Crippen molar-refractivity contribution in [3.63, 3.8) is 0 Å². The number of quaternary nitrogens is 1. The number of hydrogen-bond acceptors (Lipinski definition) is 1. The number of carbonyl (C=O) groups is 1. The molecule has 0 radical (unpaired) electrons. The number of amides is 1. The first-order valence-corrected chi connectivity index (χ1v) is 6.37. The highest BCUT2D eigenvalue weighted by atomic mass is 35.5. The van der Waals surface area contributed by atoms with Crippen LogP contribution in [0.3, 0.4) is 0 Å². The fourth-order valence-corrected chi connectivity index (χ4v) is 2.12. The van der Waals surface area contributed by atoms with Gasteiger partial charge in [0.15, 0.2) is 6.67 Å². The third kappa shape index (κ3) is 6.41. The van der Waals surface area contributed by atoms with Gasteiger partial charge in [-0.3, -0.25) is 4.79 Å². The summed E-state index contributed by atoms with van der Waals surface area (Å²) in [5.41, 5.74) is 1.29. The van der Waals surface area contributed by atoms with Crippen LogP contribution in [0.2, 0.25) is 0 Å². The number of rotatable bonds is 7. The van der Waals surface area contributed by atoms with Crippen LogP contribution < -0.4 is 17.7 Å². The second-order valence-electron chi connectivity index (χ2n) is 4.89. The van der Waals surface area contributed by atoms with Gasteiger partial charge >= 0.3 is 0 Å². The molecule has 106 valence electrons. The molecule has 1 atom stereocenters. The smallest absolute Gasteiger partial charge is 0.247 e. The van der Waals surface area contributed by atoms with Crippen LogP contribution in [0.4, 0.5) is 0 Å². The fourth-order valence-electron chi connectivity index (χ4n) is 2.12. The van der Waals surface area contributed by atoms with Crippen molar-refractivity contribution in [3.8, 4) is 0 Å². The Bertz CT molecular complexity index is 394. The van der Waals surface area contributed by atoms with E-state index in [9.17, 15) is 4.79 Å². The highest BCUT2D eigenvalue weighted by Gasteiger charge is 2.21. The van der Waals surface area contributed by atoms with Gasteiger partial charge in [0.2, 0.25) is 5.91 Å². The van der Waals surface area contributed by atoms with Gasteiger partial charge in [-0.05, 0) is 12.5 Å². The molecule has 0 aliphatic carbocycles. The van der Waals surface area contributed by atoms with E-state index in [0.717, 1.165) is 24.0 Å². The minimum Gasteiger partial charge on any atom is -1.00 e. The molecule has 3 nitrogen and oxygen atoms in total. The Balaban J connectivity index is 0.00000324. The Labute approximate surface area is 122 Å². The summed E-state index contributed by atoms with van der Waals surface area (Å²) in [6.07, 6.45) is 2.41. The van der Waals surface area contributed by atoms with E-state index in [2.05, 4.69) is 38.0 Å². The van der Waals surface area contributed by atoms with E-state index in [-0.39, 0.29) is 18.3 Å². The molecule has 19 heavy (non-hydrogen) atoms. The summed E-state index contributed by atoms with van der Waals surface area (Å²) in [5, 5.41) is 2.89. The van der Waals surface area contributed by atoms with Crippen molar-refractivity contribution in [1.29, 1.82) is 0 Å². The van der Waals surface area contributed by atoms with Gasteiger partial charge < -0.3 is 22.2 Å². The second kappa shape index (κ2) is 8.73. The molecule has 1 N–H and O–H groups in total. The van der Waals surface area contributed by atoms with Crippen LogP contribution in [0, 0.1) is 0 Å². The lowest BCUT2D eigenvalue weighted by Gasteiger charge is -2.34. The maximum absolute atomic E-state index is 11.3. The van der Waals surface area contributed by atoms with Crippen molar-refractivity contribution in [2.75, 3.05) is 20.3 Å². The molecule has 0 aliphatic rings. The first kappa shape index (κ1) is 17.7. The van der Waals surface area contributed by atoms with Crippen molar-refractivity contribution in [2.24, 2.45) is 0 Å². The van der Waals surface area contributed by atoms with Gasteiger partial charge in [-0.25, -0.2) is 0 Å². The fraction of sp³-hybridized carbons (Fsp3) is 0.400. The quantitative estimate of drug-likeness (QED) is 0.400. The Morgan fingerprint density at radius 3 is 2.53 bits per heavy atom. The zero-order valence-corrected chi connectivity index (χ0v) is 12.5. The average Bonchev–Trinajstić information content (AvgIpc) is 2.37. The third-order valence-electron chi connectivity index (χ3n) is 2.99. The van der Waals surface area contributed by atoms with Crippen LogP contribution in [0.5, 0.6) is 0 Å². The molecule has 0 fully saturated rings. The molecule has 1 aromatic carbocycles. The largest absolute Gasteiger partial charge is 1.00 e. The van der Waals surface area contributed by atoms with Gasteiger partial charge in [0.05, 0.1) is 13.6 Å². The molecule has 0 bridgehead atoms. The van der Waals surface area contributed by atoms with Crippen LogP contribution in [-0.2, 0) is 11.3 Å². The van der Waals surface area contributed by atoms with Crippen molar-refractivity contribution < 1.29 is 21.7 Å². The molecule has 1 unspecified atom stereocenters. The van der Waals surface area contributed by atoms with E-state index in [0.29, 0.717) is 6.67 Å².